The quantitative estimate of drug-likeness (QED) is 0.759. The van der Waals surface area contributed by atoms with E-state index in [-0.39, 0.29) is 11.9 Å². The van der Waals surface area contributed by atoms with Crippen LogP contribution in [0.25, 0.3) is 0 Å². The number of piperidine rings is 1. The van der Waals surface area contributed by atoms with Crippen molar-refractivity contribution in [3.05, 3.63) is 17.5 Å². The van der Waals surface area contributed by atoms with Crippen molar-refractivity contribution in [3.8, 4) is 0 Å². The number of nitrogens with one attached hydrogen (secondary N) is 3. The third kappa shape index (κ3) is 3.10. The molecular weight excluding hydrogens is 228 g/mol. The standard InChI is InChI=1S/C13H22N4O/c1-8(2)11-7-12(17-16-11)13(18)15-10-4-5-14-9(3)6-10/h7-10,14H,4-6H2,1-3H3,(H,15,18)(H,16,17). The molecule has 2 atom stereocenters. The van der Waals surface area contributed by atoms with Crippen LogP contribution in [0.4, 0.5) is 0 Å². The molecule has 0 aliphatic carbocycles. The molecule has 0 radical (unpaired) electrons. The van der Waals surface area contributed by atoms with Gasteiger partial charge in [0.15, 0.2) is 0 Å². The van der Waals surface area contributed by atoms with E-state index in [4.69, 9.17) is 0 Å². The van der Waals surface area contributed by atoms with Gasteiger partial charge >= 0.3 is 0 Å². The van der Waals surface area contributed by atoms with Crippen LogP contribution in [-0.4, -0.2) is 34.7 Å². The predicted octanol–water partition coefficient (Wildman–Crippen LogP) is 1.40. The van der Waals surface area contributed by atoms with Crippen LogP contribution in [0.3, 0.4) is 0 Å². The van der Waals surface area contributed by atoms with Gasteiger partial charge in [0.05, 0.1) is 0 Å². The second-order valence-electron chi connectivity index (χ2n) is 5.41. The highest BCUT2D eigenvalue weighted by Crippen LogP contribution is 2.13. The van der Waals surface area contributed by atoms with Gasteiger partial charge in [0.2, 0.25) is 0 Å². The van der Waals surface area contributed by atoms with E-state index in [0.717, 1.165) is 25.1 Å². The summed E-state index contributed by atoms with van der Waals surface area (Å²) in [5.74, 6) is 0.287. The Hall–Kier alpha value is -1.36. The van der Waals surface area contributed by atoms with Crippen LogP contribution in [0.15, 0.2) is 6.07 Å². The van der Waals surface area contributed by atoms with Gasteiger partial charge in [-0.1, -0.05) is 13.8 Å². The molecule has 1 amide bonds. The third-order valence-corrected chi connectivity index (χ3v) is 3.41. The molecule has 1 aromatic heterocycles. The highest BCUT2D eigenvalue weighted by atomic mass is 16.2. The number of aromatic nitrogens is 2. The number of rotatable bonds is 3. The fourth-order valence-corrected chi connectivity index (χ4v) is 2.27. The minimum atomic E-state index is -0.0720. The first-order chi connectivity index (χ1) is 8.56. The van der Waals surface area contributed by atoms with Crippen molar-refractivity contribution in [1.29, 1.82) is 0 Å². The Bertz CT molecular complexity index is 413. The molecule has 5 nitrogen and oxygen atoms in total. The molecule has 1 aromatic rings. The lowest BCUT2D eigenvalue weighted by Crippen LogP contribution is -2.46. The van der Waals surface area contributed by atoms with Gasteiger partial charge in [-0.05, 0) is 38.3 Å². The van der Waals surface area contributed by atoms with E-state index in [1.165, 1.54) is 0 Å². The van der Waals surface area contributed by atoms with Crippen molar-refractivity contribution < 1.29 is 4.79 Å². The van der Waals surface area contributed by atoms with Crippen molar-refractivity contribution in [2.45, 2.75) is 51.6 Å². The van der Waals surface area contributed by atoms with Gasteiger partial charge in [0.25, 0.3) is 5.91 Å². The number of amides is 1. The monoisotopic (exact) mass is 250 g/mol. The summed E-state index contributed by atoms with van der Waals surface area (Å²) < 4.78 is 0. The highest BCUT2D eigenvalue weighted by Gasteiger charge is 2.21. The summed E-state index contributed by atoms with van der Waals surface area (Å²) in [7, 11) is 0. The molecule has 1 fully saturated rings. The number of carbonyl (C=O) groups is 1. The number of aromatic amines is 1. The maximum atomic E-state index is 12.0. The Morgan fingerprint density at radius 2 is 2.33 bits per heavy atom. The van der Waals surface area contributed by atoms with E-state index in [2.05, 4.69) is 41.6 Å². The Morgan fingerprint density at radius 1 is 1.56 bits per heavy atom. The molecule has 100 valence electrons. The molecule has 1 aliphatic heterocycles. The smallest absolute Gasteiger partial charge is 0.271 e. The van der Waals surface area contributed by atoms with Crippen molar-refractivity contribution >= 4 is 5.91 Å². The molecule has 2 unspecified atom stereocenters. The first-order valence-corrected chi connectivity index (χ1v) is 6.66. The molecule has 2 rings (SSSR count). The van der Waals surface area contributed by atoms with E-state index in [1.54, 1.807) is 0 Å². The zero-order valence-corrected chi connectivity index (χ0v) is 11.3. The Balaban J connectivity index is 1.94. The minimum Gasteiger partial charge on any atom is -0.348 e. The third-order valence-electron chi connectivity index (χ3n) is 3.41. The molecule has 0 bridgehead atoms. The summed E-state index contributed by atoms with van der Waals surface area (Å²) in [5, 5.41) is 13.4. The molecule has 1 saturated heterocycles. The van der Waals surface area contributed by atoms with Crippen LogP contribution in [-0.2, 0) is 0 Å². The second-order valence-corrected chi connectivity index (χ2v) is 5.41. The van der Waals surface area contributed by atoms with E-state index >= 15 is 0 Å². The van der Waals surface area contributed by atoms with E-state index in [0.29, 0.717) is 17.7 Å². The molecule has 3 N–H and O–H groups in total. The Labute approximate surface area is 108 Å². The highest BCUT2D eigenvalue weighted by molar-refractivity contribution is 5.92. The van der Waals surface area contributed by atoms with Gasteiger partial charge in [-0.2, -0.15) is 5.10 Å². The first kappa shape index (κ1) is 13.1. The van der Waals surface area contributed by atoms with Crippen molar-refractivity contribution in [1.82, 2.24) is 20.8 Å². The zero-order valence-electron chi connectivity index (χ0n) is 11.3. The topological polar surface area (TPSA) is 69.8 Å². The van der Waals surface area contributed by atoms with Crippen LogP contribution in [0.1, 0.15) is 55.7 Å². The largest absolute Gasteiger partial charge is 0.348 e. The van der Waals surface area contributed by atoms with Crippen molar-refractivity contribution in [2.24, 2.45) is 0 Å². The second kappa shape index (κ2) is 5.52. The fourth-order valence-electron chi connectivity index (χ4n) is 2.27. The molecule has 18 heavy (non-hydrogen) atoms. The summed E-state index contributed by atoms with van der Waals surface area (Å²) in [6.45, 7) is 7.25. The summed E-state index contributed by atoms with van der Waals surface area (Å²) in [6.07, 6.45) is 1.96. The zero-order chi connectivity index (χ0) is 13.1. The molecule has 0 aromatic carbocycles. The molecular formula is C13H22N4O. The maximum absolute atomic E-state index is 12.0. The van der Waals surface area contributed by atoms with Crippen molar-refractivity contribution in [2.75, 3.05) is 6.54 Å². The Kier molecular flexibility index (Phi) is 4.01. The fraction of sp³-hybridized carbons (Fsp3) is 0.692. The van der Waals surface area contributed by atoms with Crippen LogP contribution < -0.4 is 10.6 Å². The first-order valence-electron chi connectivity index (χ1n) is 6.66. The minimum absolute atomic E-state index is 0.0720. The molecule has 5 heteroatoms. The van der Waals surface area contributed by atoms with E-state index in [9.17, 15) is 4.79 Å². The SMILES string of the molecule is CC1CC(NC(=O)c2cc(C(C)C)[nH]n2)CCN1. The molecule has 1 aliphatic rings. The lowest BCUT2D eigenvalue weighted by atomic mass is 10.0. The number of hydrogen-bond donors (Lipinski definition) is 3. The number of nitrogens with zero attached hydrogens (tertiary/aromatic N) is 1. The van der Waals surface area contributed by atoms with Crippen molar-refractivity contribution in [3.63, 3.8) is 0 Å². The van der Waals surface area contributed by atoms with E-state index < -0.39 is 0 Å². The normalized spacial score (nSPS) is 24.2. The average molecular weight is 250 g/mol. The maximum Gasteiger partial charge on any atom is 0.271 e. The van der Waals surface area contributed by atoms with Gasteiger partial charge in [-0.25, -0.2) is 0 Å². The van der Waals surface area contributed by atoms with Gasteiger partial charge in [0.1, 0.15) is 5.69 Å². The summed E-state index contributed by atoms with van der Waals surface area (Å²) in [4.78, 5) is 12.0. The van der Waals surface area contributed by atoms with Gasteiger partial charge in [-0.15, -0.1) is 0 Å². The van der Waals surface area contributed by atoms with E-state index in [1.807, 2.05) is 6.07 Å². The molecule has 2 heterocycles. The number of H-pyrrole nitrogens is 1. The summed E-state index contributed by atoms with van der Waals surface area (Å²) in [6, 6.07) is 2.56. The van der Waals surface area contributed by atoms with Crippen LogP contribution in [0.5, 0.6) is 0 Å². The summed E-state index contributed by atoms with van der Waals surface area (Å²) in [5.41, 5.74) is 1.49. The molecule has 0 saturated carbocycles. The summed E-state index contributed by atoms with van der Waals surface area (Å²) >= 11 is 0. The molecule has 0 spiro atoms. The number of carbonyl (C=O) groups excluding carboxylic acids is 1. The number of hydrogen-bond acceptors (Lipinski definition) is 3. The Morgan fingerprint density at radius 3 is 2.94 bits per heavy atom. The lowest BCUT2D eigenvalue weighted by molar-refractivity contribution is 0.0920. The van der Waals surface area contributed by atoms with Crippen LogP contribution in [0, 0.1) is 0 Å². The van der Waals surface area contributed by atoms with Crippen LogP contribution in [0.2, 0.25) is 0 Å². The van der Waals surface area contributed by atoms with Gasteiger partial charge in [-0.3, -0.25) is 9.89 Å². The van der Waals surface area contributed by atoms with Crippen LogP contribution >= 0.6 is 0 Å². The van der Waals surface area contributed by atoms with Gasteiger partial charge in [0, 0.05) is 17.8 Å². The lowest BCUT2D eigenvalue weighted by Gasteiger charge is -2.28. The average Bonchev–Trinajstić information content (AvgIpc) is 2.78. The predicted molar refractivity (Wildman–Crippen MR) is 70.6 cm³/mol. The van der Waals surface area contributed by atoms with Gasteiger partial charge < -0.3 is 10.6 Å².